The number of rotatable bonds is 3. The van der Waals surface area contributed by atoms with Gasteiger partial charge in [0, 0.05) is 6.54 Å². The largest absolute Gasteiger partial charge is 0.369 e. The molecule has 0 bridgehead atoms. The number of amides is 1. The summed E-state index contributed by atoms with van der Waals surface area (Å²) in [6, 6.07) is 0. The number of nitrogens with zero attached hydrogens (tertiary/aromatic N) is 1. The molecular weight excluding hydrogens is 140 g/mol. The molecule has 0 aromatic rings. The smallest absolute Gasteiger partial charge is 0.221 e. The average Bonchev–Trinajstić information content (AvgIpc) is 2.37. The molecule has 1 atom stereocenters. The fourth-order valence-corrected chi connectivity index (χ4v) is 1.58. The zero-order chi connectivity index (χ0) is 8.27. The predicted molar refractivity (Wildman–Crippen MR) is 44.0 cm³/mol. The van der Waals surface area contributed by atoms with Crippen LogP contribution in [0.5, 0.6) is 0 Å². The summed E-state index contributed by atoms with van der Waals surface area (Å²) in [6.45, 7) is 5.17. The maximum absolute atomic E-state index is 10.7. The minimum Gasteiger partial charge on any atom is -0.369 e. The summed E-state index contributed by atoms with van der Waals surface area (Å²) in [6.07, 6.45) is 2.11. The van der Waals surface area contributed by atoms with Gasteiger partial charge in [-0.2, -0.15) is 0 Å². The van der Waals surface area contributed by atoms with Gasteiger partial charge < -0.3 is 10.6 Å². The lowest BCUT2D eigenvalue weighted by molar-refractivity contribution is -0.121. The van der Waals surface area contributed by atoms with E-state index in [1.807, 2.05) is 0 Å². The van der Waals surface area contributed by atoms with E-state index in [0.29, 0.717) is 0 Å². The first kappa shape index (κ1) is 8.53. The first-order valence-electron chi connectivity index (χ1n) is 4.25. The van der Waals surface area contributed by atoms with Crippen LogP contribution in [0.4, 0.5) is 0 Å². The molecule has 0 aromatic carbocycles. The summed E-state index contributed by atoms with van der Waals surface area (Å²) >= 11 is 0. The van der Waals surface area contributed by atoms with Crippen molar-refractivity contribution in [3.8, 4) is 0 Å². The highest BCUT2D eigenvalue weighted by atomic mass is 16.1. The second-order valence-electron chi connectivity index (χ2n) is 3.19. The van der Waals surface area contributed by atoms with Crippen molar-refractivity contribution >= 4 is 5.91 Å². The highest BCUT2D eigenvalue weighted by Crippen LogP contribution is 2.15. The van der Waals surface area contributed by atoms with Gasteiger partial charge in [0.25, 0.3) is 0 Å². The number of carbonyl (C=O) groups is 1. The molecule has 0 saturated carbocycles. The predicted octanol–water partition coefficient (Wildman–Crippen LogP) is 0.204. The van der Waals surface area contributed by atoms with Crippen LogP contribution in [0.3, 0.4) is 0 Å². The SMILES string of the molecule is CCCN1CCC(C(N)=O)C1. The maximum atomic E-state index is 10.7. The Kier molecular flexibility index (Phi) is 2.88. The second kappa shape index (κ2) is 3.72. The number of hydrogen-bond acceptors (Lipinski definition) is 2. The third kappa shape index (κ3) is 2.19. The quantitative estimate of drug-likeness (QED) is 0.634. The van der Waals surface area contributed by atoms with Gasteiger partial charge in [0.2, 0.25) is 5.91 Å². The molecule has 0 aromatic heterocycles. The van der Waals surface area contributed by atoms with Crippen molar-refractivity contribution in [2.24, 2.45) is 11.7 Å². The molecule has 3 heteroatoms. The molecule has 0 spiro atoms. The zero-order valence-electron chi connectivity index (χ0n) is 7.05. The Bertz CT molecular complexity index is 147. The standard InChI is InChI=1S/C8H16N2O/c1-2-4-10-5-3-7(6-10)8(9)11/h7H,2-6H2,1H3,(H2,9,11). The Labute approximate surface area is 67.5 Å². The highest BCUT2D eigenvalue weighted by Gasteiger charge is 2.25. The van der Waals surface area contributed by atoms with Gasteiger partial charge in [-0.15, -0.1) is 0 Å². The Morgan fingerprint density at radius 2 is 2.45 bits per heavy atom. The van der Waals surface area contributed by atoms with Crippen LogP contribution in [0.1, 0.15) is 19.8 Å². The summed E-state index contributed by atoms with van der Waals surface area (Å²) in [5.41, 5.74) is 5.19. The molecule has 0 radical (unpaired) electrons. The molecule has 1 aliphatic heterocycles. The first-order valence-corrected chi connectivity index (χ1v) is 4.25. The molecule has 11 heavy (non-hydrogen) atoms. The number of hydrogen-bond donors (Lipinski definition) is 1. The molecule has 1 saturated heterocycles. The van der Waals surface area contributed by atoms with Crippen molar-refractivity contribution in [2.75, 3.05) is 19.6 Å². The number of primary amides is 1. The molecule has 1 unspecified atom stereocenters. The Morgan fingerprint density at radius 1 is 1.73 bits per heavy atom. The lowest BCUT2D eigenvalue weighted by Crippen LogP contribution is -2.27. The molecule has 1 rings (SSSR count). The molecule has 1 fully saturated rings. The average molecular weight is 156 g/mol. The summed E-state index contributed by atoms with van der Waals surface area (Å²) in [5, 5.41) is 0. The summed E-state index contributed by atoms with van der Waals surface area (Å²) < 4.78 is 0. The Hall–Kier alpha value is -0.570. The van der Waals surface area contributed by atoms with Crippen molar-refractivity contribution in [1.29, 1.82) is 0 Å². The van der Waals surface area contributed by atoms with E-state index in [9.17, 15) is 4.79 Å². The fraction of sp³-hybridized carbons (Fsp3) is 0.875. The van der Waals surface area contributed by atoms with E-state index in [-0.39, 0.29) is 11.8 Å². The van der Waals surface area contributed by atoms with Gasteiger partial charge in [-0.25, -0.2) is 0 Å². The van der Waals surface area contributed by atoms with Gasteiger partial charge in [0.15, 0.2) is 0 Å². The van der Waals surface area contributed by atoms with Crippen molar-refractivity contribution in [3.05, 3.63) is 0 Å². The Morgan fingerprint density at radius 3 is 2.91 bits per heavy atom. The third-order valence-corrected chi connectivity index (χ3v) is 2.21. The van der Waals surface area contributed by atoms with E-state index >= 15 is 0 Å². The van der Waals surface area contributed by atoms with Gasteiger partial charge in [0.1, 0.15) is 0 Å². The second-order valence-corrected chi connectivity index (χ2v) is 3.19. The van der Waals surface area contributed by atoms with Crippen LogP contribution in [0.2, 0.25) is 0 Å². The number of carbonyl (C=O) groups excluding carboxylic acids is 1. The normalized spacial score (nSPS) is 25.7. The summed E-state index contributed by atoms with van der Waals surface area (Å²) in [5.74, 6) is -0.0230. The zero-order valence-corrected chi connectivity index (χ0v) is 7.05. The molecule has 2 N–H and O–H groups in total. The topological polar surface area (TPSA) is 46.3 Å². The maximum Gasteiger partial charge on any atom is 0.221 e. The van der Waals surface area contributed by atoms with E-state index < -0.39 is 0 Å². The van der Waals surface area contributed by atoms with E-state index in [1.165, 1.54) is 0 Å². The van der Waals surface area contributed by atoms with Crippen LogP contribution < -0.4 is 5.73 Å². The van der Waals surface area contributed by atoms with Crippen LogP contribution in [0.25, 0.3) is 0 Å². The van der Waals surface area contributed by atoms with Gasteiger partial charge in [-0.1, -0.05) is 6.92 Å². The lowest BCUT2D eigenvalue weighted by atomic mass is 10.1. The summed E-state index contributed by atoms with van der Waals surface area (Å²) in [4.78, 5) is 13.0. The van der Waals surface area contributed by atoms with Gasteiger partial charge in [0.05, 0.1) is 5.92 Å². The van der Waals surface area contributed by atoms with E-state index in [4.69, 9.17) is 5.73 Å². The molecule has 1 heterocycles. The van der Waals surface area contributed by atoms with Crippen molar-refractivity contribution < 1.29 is 4.79 Å². The van der Waals surface area contributed by atoms with Crippen LogP contribution >= 0.6 is 0 Å². The van der Waals surface area contributed by atoms with Crippen molar-refractivity contribution in [1.82, 2.24) is 4.90 Å². The van der Waals surface area contributed by atoms with Gasteiger partial charge in [-0.3, -0.25) is 4.79 Å². The molecule has 1 amide bonds. The molecule has 64 valence electrons. The fourth-order valence-electron chi connectivity index (χ4n) is 1.58. The molecular formula is C8H16N2O. The van der Waals surface area contributed by atoms with Crippen LogP contribution in [-0.2, 0) is 4.79 Å². The van der Waals surface area contributed by atoms with Crippen molar-refractivity contribution in [3.63, 3.8) is 0 Å². The van der Waals surface area contributed by atoms with Gasteiger partial charge >= 0.3 is 0 Å². The van der Waals surface area contributed by atoms with E-state index in [0.717, 1.165) is 32.5 Å². The molecule has 3 nitrogen and oxygen atoms in total. The van der Waals surface area contributed by atoms with E-state index in [1.54, 1.807) is 0 Å². The highest BCUT2D eigenvalue weighted by molar-refractivity contribution is 5.77. The first-order chi connectivity index (χ1) is 5.24. The monoisotopic (exact) mass is 156 g/mol. The number of likely N-dealkylation sites (tertiary alicyclic amines) is 1. The minimum absolute atomic E-state index is 0.113. The lowest BCUT2D eigenvalue weighted by Gasteiger charge is -2.12. The summed E-state index contributed by atoms with van der Waals surface area (Å²) in [7, 11) is 0. The van der Waals surface area contributed by atoms with Crippen LogP contribution in [-0.4, -0.2) is 30.4 Å². The minimum atomic E-state index is -0.136. The van der Waals surface area contributed by atoms with E-state index in [2.05, 4.69) is 11.8 Å². The number of nitrogens with two attached hydrogens (primary N) is 1. The van der Waals surface area contributed by atoms with Crippen LogP contribution in [0, 0.1) is 5.92 Å². The molecule has 1 aliphatic rings. The van der Waals surface area contributed by atoms with Crippen LogP contribution in [0.15, 0.2) is 0 Å². The third-order valence-electron chi connectivity index (χ3n) is 2.21. The van der Waals surface area contributed by atoms with Crippen molar-refractivity contribution in [2.45, 2.75) is 19.8 Å². The molecule has 0 aliphatic carbocycles. The van der Waals surface area contributed by atoms with Gasteiger partial charge in [-0.05, 0) is 25.9 Å². The Balaban J connectivity index is 2.29.